The Morgan fingerprint density at radius 2 is 2.00 bits per heavy atom. The quantitative estimate of drug-likeness (QED) is 0.697. The Morgan fingerprint density at radius 1 is 1.33 bits per heavy atom. The van der Waals surface area contributed by atoms with Crippen molar-refractivity contribution in [2.45, 2.75) is 39.2 Å². The summed E-state index contributed by atoms with van der Waals surface area (Å²) >= 11 is 0. The summed E-state index contributed by atoms with van der Waals surface area (Å²) in [6.07, 6.45) is 2.30. The van der Waals surface area contributed by atoms with E-state index in [4.69, 9.17) is 0 Å². The van der Waals surface area contributed by atoms with Gasteiger partial charge < -0.3 is 5.32 Å². The number of hydrogen-bond acceptors (Lipinski definition) is 3. The average Bonchev–Trinajstić information content (AvgIpc) is 2.22. The van der Waals surface area contributed by atoms with Crippen LogP contribution in [0, 0.1) is 0 Å². The molecule has 3 amide bonds. The average molecular weight is 212 g/mol. The molecule has 0 aromatic heterocycles. The molecule has 0 aliphatic carbocycles. The van der Waals surface area contributed by atoms with Gasteiger partial charge in [0.05, 0.1) is 6.54 Å². The number of nitrogens with one attached hydrogen (secondary N) is 1. The molecule has 0 aromatic rings. The fourth-order valence-electron chi connectivity index (χ4n) is 1.72. The van der Waals surface area contributed by atoms with Gasteiger partial charge in [0.15, 0.2) is 0 Å². The Morgan fingerprint density at radius 3 is 2.53 bits per heavy atom. The fraction of sp³-hybridized carbons (Fsp3) is 0.700. The zero-order valence-corrected chi connectivity index (χ0v) is 9.08. The van der Waals surface area contributed by atoms with Crippen LogP contribution in [0.2, 0.25) is 0 Å². The Kier molecular flexibility index (Phi) is 3.82. The summed E-state index contributed by atoms with van der Waals surface area (Å²) in [5.74, 6) is -1.21. The maximum atomic E-state index is 11.5. The zero-order valence-electron chi connectivity index (χ0n) is 9.08. The van der Waals surface area contributed by atoms with Crippen molar-refractivity contribution in [1.82, 2.24) is 10.2 Å². The molecule has 15 heavy (non-hydrogen) atoms. The monoisotopic (exact) mass is 212 g/mol. The second-order valence-corrected chi connectivity index (χ2v) is 3.61. The van der Waals surface area contributed by atoms with E-state index in [9.17, 15) is 14.4 Å². The van der Waals surface area contributed by atoms with Gasteiger partial charge in [-0.2, -0.15) is 0 Å². The number of ketones is 1. The highest BCUT2D eigenvalue weighted by Gasteiger charge is 2.36. The van der Waals surface area contributed by atoms with Gasteiger partial charge in [-0.05, 0) is 12.8 Å². The normalized spacial score (nSPS) is 19.1. The lowest BCUT2D eigenvalue weighted by Gasteiger charge is -2.31. The second-order valence-electron chi connectivity index (χ2n) is 3.61. The highest BCUT2D eigenvalue weighted by molar-refractivity contribution is 6.41. The smallest absolute Gasteiger partial charge is 0.325 e. The molecule has 5 nitrogen and oxygen atoms in total. The summed E-state index contributed by atoms with van der Waals surface area (Å²) in [6, 6.07) is -0.605. The molecule has 0 aromatic carbocycles. The summed E-state index contributed by atoms with van der Waals surface area (Å²) in [5, 5.41) is 2.40. The van der Waals surface area contributed by atoms with Gasteiger partial charge in [-0.3, -0.25) is 14.5 Å². The first-order valence-corrected chi connectivity index (χ1v) is 5.26. The SMILES string of the molecule is CCCC(CC)N1C(=O)NCC(=O)C1=O. The van der Waals surface area contributed by atoms with Gasteiger partial charge in [-0.15, -0.1) is 0 Å². The van der Waals surface area contributed by atoms with Gasteiger partial charge in [0.25, 0.3) is 5.91 Å². The van der Waals surface area contributed by atoms with Crippen molar-refractivity contribution in [2.24, 2.45) is 0 Å². The van der Waals surface area contributed by atoms with Crippen LogP contribution >= 0.6 is 0 Å². The molecule has 1 aliphatic rings. The van der Waals surface area contributed by atoms with Crippen LogP contribution in [0.15, 0.2) is 0 Å². The Bertz CT molecular complexity index is 288. The lowest BCUT2D eigenvalue weighted by Crippen LogP contribution is -2.58. The molecular formula is C10H16N2O3. The molecule has 0 spiro atoms. The van der Waals surface area contributed by atoms with Gasteiger partial charge >= 0.3 is 6.03 Å². The Hall–Kier alpha value is -1.39. The van der Waals surface area contributed by atoms with Crippen LogP contribution in [0.1, 0.15) is 33.1 Å². The first-order valence-electron chi connectivity index (χ1n) is 5.26. The van der Waals surface area contributed by atoms with Crippen molar-refractivity contribution in [3.8, 4) is 0 Å². The van der Waals surface area contributed by atoms with Gasteiger partial charge in [-0.1, -0.05) is 20.3 Å². The molecule has 0 radical (unpaired) electrons. The van der Waals surface area contributed by atoms with Crippen LogP contribution < -0.4 is 5.32 Å². The standard InChI is InChI=1S/C10H16N2O3/c1-3-5-7(4-2)12-9(14)8(13)6-11-10(12)15/h7H,3-6H2,1-2H3,(H,11,15). The molecule has 0 saturated carbocycles. The van der Waals surface area contributed by atoms with Crippen molar-refractivity contribution in [1.29, 1.82) is 0 Å². The number of Topliss-reactive ketones (excluding diaryl/α,β-unsaturated/α-hetero) is 1. The van der Waals surface area contributed by atoms with E-state index in [0.29, 0.717) is 6.42 Å². The van der Waals surface area contributed by atoms with E-state index in [2.05, 4.69) is 5.32 Å². The van der Waals surface area contributed by atoms with E-state index in [1.54, 1.807) is 0 Å². The Balaban J connectivity index is 2.82. The number of amides is 3. The molecule has 0 bridgehead atoms. The van der Waals surface area contributed by atoms with Crippen LogP contribution in [0.3, 0.4) is 0 Å². The van der Waals surface area contributed by atoms with Crippen LogP contribution in [0.25, 0.3) is 0 Å². The van der Waals surface area contributed by atoms with E-state index < -0.39 is 17.7 Å². The summed E-state index contributed by atoms with van der Waals surface area (Å²) < 4.78 is 0. The van der Waals surface area contributed by atoms with Crippen molar-refractivity contribution >= 4 is 17.7 Å². The second kappa shape index (κ2) is 4.91. The van der Waals surface area contributed by atoms with Gasteiger partial charge in [0.1, 0.15) is 0 Å². The van der Waals surface area contributed by atoms with E-state index in [0.717, 1.165) is 17.7 Å². The van der Waals surface area contributed by atoms with Crippen LogP contribution in [0.5, 0.6) is 0 Å². The lowest BCUT2D eigenvalue weighted by atomic mass is 10.1. The summed E-state index contributed by atoms with van der Waals surface area (Å²) in [7, 11) is 0. The highest BCUT2D eigenvalue weighted by Crippen LogP contribution is 2.13. The molecule has 1 fully saturated rings. The van der Waals surface area contributed by atoms with E-state index >= 15 is 0 Å². The minimum Gasteiger partial charge on any atom is -0.330 e. The molecule has 1 unspecified atom stereocenters. The number of rotatable bonds is 4. The molecule has 1 saturated heterocycles. The predicted octanol–water partition coefficient (Wildman–Crippen LogP) is 0.686. The first-order chi connectivity index (χ1) is 7.11. The third-order valence-corrected chi connectivity index (χ3v) is 2.53. The van der Waals surface area contributed by atoms with Crippen molar-refractivity contribution in [2.75, 3.05) is 6.54 Å². The Labute approximate surface area is 88.8 Å². The fourth-order valence-corrected chi connectivity index (χ4v) is 1.72. The number of carbonyl (C=O) groups excluding carboxylic acids is 3. The van der Waals surface area contributed by atoms with E-state index in [1.165, 1.54) is 0 Å². The van der Waals surface area contributed by atoms with E-state index in [-0.39, 0.29) is 12.6 Å². The minimum absolute atomic E-state index is 0.160. The maximum absolute atomic E-state index is 11.5. The van der Waals surface area contributed by atoms with Crippen molar-refractivity contribution in [3.05, 3.63) is 0 Å². The molecule has 1 heterocycles. The van der Waals surface area contributed by atoms with Gasteiger partial charge in [-0.25, -0.2) is 4.79 Å². The summed E-state index contributed by atoms with van der Waals surface area (Å²) in [6.45, 7) is 3.72. The number of hydrogen-bond donors (Lipinski definition) is 1. The number of nitrogens with zero attached hydrogens (tertiary/aromatic N) is 1. The van der Waals surface area contributed by atoms with Crippen molar-refractivity contribution in [3.63, 3.8) is 0 Å². The number of carbonyl (C=O) groups is 3. The molecule has 1 rings (SSSR count). The zero-order chi connectivity index (χ0) is 11.4. The summed E-state index contributed by atoms with van der Waals surface area (Å²) in [5.41, 5.74) is 0. The van der Waals surface area contributed by atoms with Crippen LogP contribution in [-0.2, 0) is 9.59 Å². The molecule has 1 atom stereocenters. The largest absolute Gasteiger partial charge is 0.330 e. The number of urea groups is 1. The molecule has 84 valence electrons. The lowest BCUT2D eigenvalue weighted by molar-refractivity contribution is -0.145. The third kappa shape index (κ3) is 2.34. The van der Waals surface area contributed by atoms with Gasteiger partial charge in [0, 0.05) is 6.04 Å². The highest BCUT2D eigenvalue weighted by atomic mass is 16.2. The van der Waals surface area contributed by atoms with Gasteiger partial charge in [0.2, 0.25) is 5.78 Å². The van der Waals surface area contributed by atoms with Crippen LogP contribution in [0.4, 0.5) is 4.79 Å². The van der Waals surface area contributed by atoms with Crippen LogP contribution in [-0.4, -0.2) is 35.2 Å². The molecule has 1 aliphatic heterocycles. The summed E-state index contributed by atoms with van der Waals surface area (Å²) in [4.78, 5) is 35.2. The third-order valence-electron chi connectivity index (χ3n) is 2.53. The molecule has 5 heteroatoms. The minimum atomic E-state index is -0.668. The number of imide groups is 1. The molecule has 1 N–H and O–H groups in total. The molecular weight excluding hydrogens is 196 g/mol. The van der Waals surface area contributed by atoms with E-state index in [1.807, 2.05) is 13.8 Å². The van der Waals surface area contributed by atoms with Crippen molar-refractivity contribution < 1.29 is 14.4 Å². The topological polar surface area (TPSA) is 66.5 Å². The first kappa shape index (κ1) is 11.7. The predicted molar refractivity (Wildman–Crippen MR) is 54.2 cm³/mol. The maximum Gasteiger partial charge on any atom is 0.325 e.